The monoisotopic (exact) mass is 552 g/mol. The minimum Gasteiger partial charge on any atom is -0.356 e. The highest BCUT2D eigenvalue weighted by Crippen LogP contribution is 2.29. The van der Waals surface area contributed by atoms with Crippen LogP contribution in [0.3, 0.4) is 0 Å². The molecule has 0 unspecified atom stereocenters. The lowest BCUT2D eigenvalue weighted by atomic mass is 9.81. The molecule has 0 aliphatic heterocycles. The quantitative estimate of drug-likeness (QED) is 0.324. The Balaban J connectivity index is 1.26. The Labute approximate surface area is 239 Å². The largest absolute Gasteiger partial charge is 0.356 e. The van der Waals surface area contributed by atoms with E-state index in [1.807, 2.05) is 49.4 Å². The lowest BCUT2D eigenvalue weighted by molar-refractivity contribution is -0.126. The Morgan fingerprint density at radius 1 is 0.829 bits per heavy atom. The first-order valence-corrected chi connectivity index (χ1v) is 14.3. The van der Waals surface area contributed by atoms with Crippen LogP contribution in [0.15, 0.2) is 88.5 Å². The summed E-state index contributed by atoms with van der Waals surface area (Å²) in [4.78, 5) is 52.7. The second-order valence-corrected chi connectivity index (χ2v) is 10.9. The molecule has 1 fully saturated rings. The van der Waals surface area contributed by atoms with Gasteiger partial charge in [0.25, 0.3) is 5.56 Å². The molecule has 0 radical (unpaired) electrons. The summed E-state index contributed by atoms with van der Waals surface area (Å²) in [6, 6.07) is 24.4. The van der Waals surface area contributed by atoms with Crippen LogP contribution in [0.5, 0.6) is 0 Å². The maximum Gasteiger partial charge on any atom is 0.331 e. The Kier molecular flexibility index (Phi) is 8.77. The van der Waals surface area contributed by atoms with Crippen molar-refractivity contribution in [2.45, 2.75) is 52.1 Å². The Bertz CT molecular complexity index is 1650. The summed E-state index contributed by atoms with van der Waals surface area (Å²) in [5.41, 5.74) is 2.40. The third-order valence-corrected chi connectivity index (χ3v) is 8.07. The number of aryl methyl sites for hydroxylation is 1. The third kappa shape index (κ3) is 6.65. The SMILES string of the molecule is Cc1ccccc1NC(=O)Cn1c(=O)n(CC2CCC(C(=O)NCCc3ccccc3)CC2)c(=O)c2ccccc21. The van der Waals surface area contributed by atoms with Crippen molar-refractivity contribution in [1.82, 2.24) is 14.5 Å². The molecule has 4 aromatic rings. The molecule has 5 rings (SSSR count). The minimum absolute atomic E-state index is 0.0582. The van der Waals surface area contributed by atoms with E-state index < -0.39 is 5.69 Å². The zero-order valence-electron chi connectivity index (χ0n) is 23.3. The number of aromatic nitrogens is 2. The number of carbonyl (C=O) groups excluding carboxylic acids is 2. The van der Waals surface area contributed by atoms with E-state index in [0.717, 1.165) is 37.7 Å². The molecule has 212 valence electrons. The molecule has 0 atom stereocenters. The van der Waals surface area contributed by atoms with E-state index in [2.05, 4.69) is 22.8 Å². The van der Waals surface area contributed by atoms with E-state index in [4.69, 9.17) is 0 Å². The van der Waals surface area contributed by atoms with Gasteiger partial charge in [0.15, 0.2) is 0 Å². The van der Waals surface area contributed by atoms with Crippen LogP contribution in [0, 0.1) is 18.8 Å². The third-order valence-electron chi connectivity index (χ3n) is 8.07. The molecular weight excluding hydrogens is 516 g/mol. The summed E-state index contributed by atoms with van der Waals surface area (Å²) in [6.45, 7) is 2.57. The van der Waals surface area contributed by atoms with Gasteiger partial charge in [-0.1, -0.05) is 60.7 Å². The predicted molar refractivity (Wildman–Crippen MR) is 161 cm³/mol. The van der Waals surface area contributed by atoms with E-state index in [9.17, 15) is 19.2 Å². The van der Waals surface area contributed by atoms with Gasteiger partial charge in [-0.25, -0.2) is 4.79 Å². The Morgan fingerprint density at radius 2 is 1.51 bits per heavy atom. The molecule has 0 bridgehead atoms. The standard InChI is InChI=1S/C33H36N4O4/c1-23-9-5-7-13-28(23)35-30(38)22-36-29-14-8-6-12-27(29)32(40)37(33(36)41)21-25-15-17-26(18-16-25)31(39)34-20-19-24-10-3-2-4-11-24/h2-14,25-26H,15-22H2,1H3,(H,34,39)(H,35,38). The average Bonchev–Trinajstić information content (AvgIpc) is 2.99. The van der Waals surface area contributed by atoms with E-state index in [1.54, 1.807) is 24.3 Å². The topological polar surface area (TPSA) is 102 Å². The summed E-state index contributed by atoms with van der Waals surface area (Å²) in [6.07, 6.45) is 3.74. The van der Waals surface area contributed by atoms with Gasteiger partial charge in [0.05, 0.1) is 10.9 Å². The maximum absolute atomic E-state index is 13.6. The van der Waals surface area contributed by atoms with Gasteiger partial charge in [0.2, 0.25) is 11.8 Å². The molecule has 0 spiro atoms. The van der Waals surface area contributed by atoms with Crippen molar-refractivity contribution >= 4 is 28.4 Å². The number of amides is 2. The normalized spacial score (nSPS) is 16.8. The summed E-state index contributed by atoms with van der Waals surface area (Å²) >= 11 is 0. The fourth-order valence-corrected chi connectivity index (χ4v) is 5.72. The number of benzene rings is 3. The van der Waals surface area contributed by atoms with Gasteiger partial charge in [-0.05, 0) is 74.3 Å². The van der Waals surface area contributed by atoms with Gasteiger partial charge in [-0.3, -0.25) is 23.5 Å². The van der Waals surface area contributed by atoms with Crippen LogP contribution < -0.4 is 21.9 Å². The fourth-order valence-electron chi connectivity index (χ4n) is 5.72. The fraction of sp³-hybridized carbons (Fsp3) is 0.333. The smallest absolute Gasteiger partial charge is 0.331 e. The molecule has 3 aromatic carbocycles. The zero-order chi connectivity index (χ0) is 28.8. The summed E-state index contributed by atoms with van der Waals surface area (Å²) in [5, 5.41) is 6.35. The van der Waals surface area contributed by atoms with Gasteiger partial charge in [-0.15, -0.1) is 0 Å². The first-order valence-electron chi connectivity index (χ1n) is 14.3. The zero-order valence-corrected chi connectivity index (χ0v) is 23.3. The van der Waals surface area contributed by atoms with Gasteiger partial charge in [0, 0.05) is 24.7 Å². The highest BCUT2D eigenvalue weighted by Gasteiger charge is 2.27. The number of rotatable bonds is 9. The summed E-state index contributed by atoms with van der Waals surface area (Å²) in [7, 11) is 0. The van der Waals surface area contributed by atoms with Crippen molar-refractivity contribution in [2.75, 3.05) is 11.9 Å². The number of para-hydroxylation sites is 2. The number of nitrogens with zero attached hydrogens (tertiary/aromatic N) is 2. The lowest BCUT2D eigenvalue weighted by Crippen LogP contribution is -2.43. The summed E-state index contributed by atoms with van der Waals surface area (Å²) < 4.78 is 2.66. The van der Waals surface area contributed by atoms with Crippen LogP contribution in [-0.2, 0) is 29.1 Å². The molecule has 1 aliphatic rings. The number of carbonyl (C=O) groups is 2. The minimum atomic E-state index is -0.491. The van der Waals surface area contributed by atoms with E-state index >= 15 is 0 Å². The number of hydrogen-bond donors (Lipinski definition) is 2. The molecule has 1 heterocycles. The van der Waals surface area contributed by atoms with Crippen molar-refractivity contribution in [2.24, 2.45) is 11.8 Å². The molecule has 0 saturated heterocycles. The first-order chi connectivity index (χ1) is 19.9. The van der Waals surface area contributed by atoms with Gasteiger partial charge in [0.1, 0.15) is 6.54 Å². The van der Waals surface area contributed by atoms with Crippen LogP contribution in [0.1, 0.15) is 36.8 Å². The molecule has 41 heavy (non-hydrogen) atoms. The number of hydrogen-bond acceptors (Lipinski definition) is 4. The molecule has 8 nitrogen and oxygen atoms in total. The van der Waals surface area contributed by atoms with E-state index in [1.165, 1.54) is 14.7 Å². The molecule has 1 aliphatic carbocycles. The van der Waals surface area contributed by atoms with Crippen molar-refractivity contribution in [1.29, 1.82) is 0 Å². The van der Waals surface area contributed by atoms with Gasteiger partial charge < -0.3 is 10.6 Å². The van der Waals surface area contributed by atoms with Crippen molar-refractivity contribution in [3.8, 4) is 0 Å². The van der Waals surface area contributed by atoms with E-state index in [-0.39, 0.29) is 42.3 Å². The Morgan fingerprint density at radius 3 is 2.27 bits per heavy atom. The molecule has 1 aromatic heterocycles. The number of nitrogens with one attached hydrogen (secondary N) is 2. The average molecular weight is 553 g/mol. The van der Waals surface area contributed by atoms with Gasteiger partial charge in [-0.2, -0.15) is 0 Å². The number of anilines is 1. The second-order valence-electron chi connectivity index (χ2n) is 10.9. The number of fused-ring (bicyclic) bond motifs is 1. The first kappa shape index (κ1) is 28.1. The van der Waals surface area contributed by atoms with Crippen LogP contribution >= 0.6 is 0 Å². The van der Waals surface area contributed by atoms with Gasteiger partial charge >= 0.3 is 5.69 Å². The molecular formula is C33H36N4O4. The van der Waals surface area contributed by atoms with Crippen molar-refractivity contribution in [3.05, 3.63) is 111 Å². The van der Waals surface area contributed by atoms with Crippen LogP contribution in [0.25, 0.3) is 10.9 Å². The molecule has 8 heteroatoms. The van der Waals surface area contributed by atoms with Crippen molar-refractivity contribution < 1.29 is 9.59 Å². The molecule has 2 N–H and O–H groups in total. The summed E-state index contributed by atoms with van der Waals surface area (Å²) in [5.74, 6) is -0.221. The Hall–Kier alpha value is -4.46. The van der Waals surface area contributed by atoms with E-state index in [0.29, 0.717) is 23.1 Å². The second kappa shape index (κ2) is 12.8. The highest BCUT2D eigenvalue weighted by molar-refractivity contribution is 5.92. The predicted octanol–water partition coefficient (Wildman–Crippen LogP) is 4.28. The van der Waals surface area contributed by atoms with Crippen LogP contribution in [0.4, 0.5) is 5.69 Å². The van der Waals surface area contributed by atoms with Crippen molar-refractivity contribution in [3.63, 3.8) is 0 Å². The maximum atomic E-state index is 13.6. The molecule has 1 saturated carbocycles. The highest BCUT2D eigenvalue weighted by atomic mass is 16.2. The van der Waals surface area contributed by atoms with Crippen LogP contribution in [0.2, 0.25) is 0 Å². The van der Waals surface area contributed by atoms with Crippen LogP contribution in [-0.4, -0.2) is 27.5 Å². The lowest BCUT2D eigenvalue weighted by Gasteiger charge is -2.28. The molecule has 2 amide bonds.